The van der Waals surface area contributed by atoms with Crippen molar-refractivity contribution < 1.29 is 28.6 Å². The number of esters is 3. The molecular weight excluding hydrogens is 781 g/mol. The van der Waals surface area contributed by atoms with E-state index in [1.54, 1.807) is 0 Å². The first kappa shape index (κ1) is 59.6. The molecule has 360 valence electrons. The predicted molar refractivity (Wildman–Crippen MR) is 270 cm³/mol. The Morgan fingerprint density at radius 2 is 0.651 bits per heavy atom. The van der Waals surface area contributed by atoms with Crippen LogP contribution in [0.4, 0.5) is 0 Å². The summed E-state index contributed by atoms with van der Waals surface area (Å²) in [4.78, 5) is 37.9. The number of hydrogen-bond donors (Lipinski definition) is 0. The molecule has 0 N–H and O–H groups in total. The lowest BCUT2D eigenvalue weighted by Gasteiger charge is -2.18. The molecule has 0 spiro atoms. The Bertz CT molecular complexity index is 1240. The minimum Gasteiger partial charge on any atom is -0.462 e. The lowest BCUT2D eigenvalue weighted by molar-refractivity contribution is -0.167. The van der Waals surface area contributed by atoms with Gasteiger partial charge in [0.25, 0.3) is 0 Å². The molecule has 0 aromatic carbocycles. The van der Waals surface area contributed by atoms with Crippen LogP contribution < -0.4 is 0 Å². The zero-order valence-corrected chi connectivity index (χ0v) is 41.1. The van der Waals surface area contributed by atoms with Crippen LogP contribution in [0.5, 0.6) is 0 Å². The highest BCUT2D eigenvalue weighted by Crippen LogP contribution is 2.13. The van der Waals surface area contributed by atoms with Crippen molar-refractivity contribution in [3.63, 3.8) is 0 Å². The van der Waals surface area contributed by atoms with E-state index in [1.165, 1.54) is 57.8 Å². The zero-order valence-electron chi connectivity index (χ0n) is 41.1. The number of allylic oxidation sites excluding steroid dienone is 14. The van der Waals surface area contributed by atoms with E-state index in [2.05, 4.69) is 106 Å². The number of ether oxygens (including phenoxy) is 3. The summed E-state index contributed by atoms with van der Waals surface area (Å²) < 4.78 is 16.8. The Morgan fingerprint density at radius 3 is 1.05 bits per heavy atom. The van der Waals surface area contributed by atoms with Gasteiger partial charge in [0.05, 0.1) is 0 Å². The smallest absolute Gasteiger partial charge is 0.306 e. The van der Waals surface area contributed by atoms with Gasteiger partial charge in [-0.2, -0.15) is 0 Å². The molecule has 0 rings (SSSR count). The minimum absolute atomic E-state index is 0.0921. The van der Waals surface area contributed by atoms with Crippen molar-refractivity contribution in [3.05, 3.63) is 85.1 Å². The normalized spacial score (nSPS) is 12.7. The molecule has 0 aliphatic carbocycles. The van der Waals surface area contributed by atoms with Crippen LogP contribution in [-0.2, 0) is 28.6 Å². The van der Waals surface area contributed by atoms with Gasteiger partial charge in [-0.1, -0.05) is 196 Å². The summed E-state index contributed by atoms with van der Waals surface area (Å²) >= 11 is 0. The largest absolute Gasteiger partial charge is 0.462 e. The van der Waals surface area contributed by atoms with Gasteiger partial charge in [0.15, 0.2) is 6.10 Å². The predicted octanol–water partition coefficient (Wildman–Crippen LogP) is 17.2. The van der Waals surface area contributed by atoms with E-state index in [1.807, 2.05) is 0 Å². The van der Waals surface area contributed by atoms with E-state index < -0.39 is 6.10 Å². The van der Waals surface area contributed by atoms with Crippen LogP contribution in [0, 0.1) is 0 Å². The Balaban J connectivity index is 4.40. The summed E-state index contributed by atoms with van der Waals surface area (Å²) in [5.41, 5.74) is 0. The van der Waals surface area contributed by atoms with Crippen LogP contribution in [0.25, 0.3) is 0 Å². The minimum atomic E-state index is -0.793. The SMILES string of the molecule is CC/C=C\C/C=C\C/C=C\C/C=C\CCCCCCCCC(=O)OCC(COC(=O)CCCCCCC/C=C\CCC)OC(=O)CCCCCCC/C=C\C/C=C\CCCCCC. The number of unbranched alkanes of at least 4 members (excludes halogenated alkanes) is 21. The maximum absolute atomic E-state index is 12.8. The Morgan fingerprint density at radius 1 is 0.333 bits per heavy atom. The van der Waals surface area contributed by atoms with Crippen LogP contribution in [0.1, 0.15) is 239 Å². The highest BCUT2D eigenvalue weighted by atomic mass is 16.6. The van der Waals surface area contributed by atoms with Crippen molar-refractivity contribution in [3.8, 4) is 0 Å². The second-order valence-corrected chi connectivity index (χ2v) is 17.0. The molecule has 0 fully saturated rings. The molecule has 0 radical (unpaired) electrons. The van der Waals surface area contributed by atoms with E-state index in [0.717, 1.165) is 141 Å². The van der Waals surface area contributed by atoms with Crippen LogP contribution >= 0.6 is 0 Å². The first-order valence-corrected chi connectivity index (χ1v) is 26.1. The Kier molecular flexibility index (Phi) is 48.5. The lowest BCUT2D eigenvalue weighted by Crippen LogP contribution is -2.30. The number of hydrogen-bond acceptors (Lipinski definition) is 6. The van der Waals surface area contributed by atoms with Gasteiger partial charge in [-0.3, -0.25) is 14.4 Å². The van der Waals surface area contributed by atoms with Crippen molar-refractivity contribution >= 4 is 17.9 Å². The van der Waals surface area contributed by atoms with Gasteiger partial charge >= 0.3 is 17.9 Å². The third kappa shape index (κ3) is 49.5. The number of carbonyl (C=O) groups is 3. The summed E-state index contributed by atoms with van der Waals surface area (Å²) in [5, 5.41) is 0. The molecule has 0 saturated heterocycles. The summed E-state index contributed by atoms with van der Waals surface area (Å²) in [6, 6.07) is 0. The standard InChI is InChI=1S/C57H96O6/c1-4-7-10-13-16-19-22-24-26-28-29-30-32-33-35-38-41-44-47-50-56(59)62-53-54(52-61-55(58)49-46-43-40-37-21-18-15-12-9-6-3)63-57(60)51-48-45-42-39-36-34-31-27-25-23-20-17-14-11-8-5-2/h7,10,12,15-16,19-20,23-24,26-27,29-31,54H,4-6,8-9,11,13-14,17-18,21-22,25,28,32-53H2,1-3H3/b10-7-,15-12-,19-16-,23-20-,26-24-,30-29-,31-27-. The van der Waals surface area contributed by atoms with Gasteiger partial charge in [0.2, 0.25) is 0 Å². The maximum Gasteiger partial charge on any atom is 0.306 e. The van der Waals surface area contributed by atoms with Crippen LogP contribution in [0.3, 0.4) is 0 Å². The fourth-order valence-corrected chi connectivity index (χ4v) is 6.94. The van der Waals surface area contributed by atoms with Crippen molar-refractivity contribution in [2.75, 3.05) is 13.2 Å². The highest BCUT2D eigenvalue weighted by Gasteiger charge is 2.19. The molecule has 6 heteroatoms. The van der Waals surface area contributed by atoms with Gasteiger partial charge in [-0.25, -0.2) is 0 Å². The molecule has 1 unspecified atom stereocenters. The summed E-state index contributed by atoms with van der Waals surface area (Å²) in [7, 11) is 0. The monoisotopic (exact) mass is 877 g/mol. The first-order valence-electron chi connectivity index (χ1n) is 26.1. The molecule has 0 aromatic heterocycles. The first-order chi connectivity index (χ1) is 31.0. The third-order valence-electron chi connectivity index (χ3n) is 10.8. The molecule has 0 saturated carbocycles. The summed E-state index contributed by atoms with van der Waals surface area (Å²) in [6.07, 6.45) is 65.7. The van der Waals surface area contributed by atoms with Crippen molar-refractivity contribution in [2.24, 2.45) is 0 Å². The molecule has 0 aliphatic heterocycles. The van der Waals surface area contributed by atoms with Crippen LogP contribution in [0.2, 0.25) is 0 Å². The molecule has 0 aromatic rings. The zero-order chi connectivity index (χ0) is 45.8. The topological polar surface area (TPSA) is 78.9 Å². The average molecular weight is 877 g/mol. The number of rotatable bonds is 46. The van der Waals surface area contributed by atoms with Gasteiger partial charge in [-0.15, -0.1) is 0 Å². The Hall–Kier alpha value is -3.41. The molecule has 0 heterocycles. The third-order valence-corrected chi connectivity index (χ3v) is 10.8. The second-order valence-electron chi connectivity index (χ2n) is 17.0. The Labute approximate surface area is 388 Å². The maximum atomic E-state index is 12.8. The van der Waals surface area contributed by atoms with Gasteiger partial charge in [0, 0.05) is 19.3 Å². The fraction of sp³-hybridized carbons (Fsp3) is 0.702. The van der Waals surface area contributed by atoms with Gasteiger partial charge in [-0.05, 0) is 109 Å². The molecule has 0 amide bonds. The molecule has 1 atom stereocenters. The molecular formula is C57H96O6. The summed E-state index contributed by atoms with van der Waals surface area (Å²) in [6.45, 7) is 6.41. The van der Waals surface area contributed by atoms with Crippen molar-refractivity contribution in [1.82, 2.24) is 0 Å². The average Bonchev–Trinajstić information content (AvgIpc) is 3.28. The molecule has 6 nitrogen and oxygen atoms in total. The lowest BCUT2D eigenvalue weighted by atomic mass is 10.1. The van der Waals surface area contributed by atoms with Gasteiger partial charge < -0.3 is 14.2 Å². The van der Waals surface area contributed by atoms with Crippen molar-refractivity contribution in [1.29, 1.82) is 0 Å². The second kappa shape index (κ2) is 51.2. The van der Waals surface area contributed by atoms with Crippen LogP contribution in [0.15, 0.2) is 85.1 Å². The molecule has 0 aliphatic rings. The highest BCUT2D eigenvalue weighted by molar-refractivity contribution is 5.71. The van der Waals surface area contributed by atoms with E-state index >= 15 is 0 Å². The van der Waals surface area contributed by atoms with E-state index in [-0.39, 0.29) is 31.1 Å². The number of carbonyl (C=O) groups excluding carboxylic acids is 3. The van der Waals surface area contributed by atoms with Gasteiger partial charge in [0.1, 0.15) is 13.2 Å². The van der Waals surface area contributed by atoms with E-state index in [4.69, 9.17) is 14.2 Å². The van der Waals surface area contributed by atoms with Crippen LogP contribution in [-0.4, -0.2) is 37.2 Å². The fourth-order valence-electron chi connectivity index (χ4n) is 6.94. The molecule has 63 heavy (non-hydrogen) atoms. The van der Waals surface area contributed by atoms with E-state index in [0.29, 0.717) is 19.3 Å². The van der Waals surface area contributed by atoms with Crippen molar-refractivity contribution in [2.45, 2.75) is 245 Å². The summed E-state index contributed by atoms with van der Waals surface area (Å²) in [5.74, 6) is -0.931. The van der Waals surface area contributed by atoms with E-state index in [9.17, 15) is 14.4 Å². The molecule has 0 bridgehead atoms. The quantitative estimate of drug-likeness (QED) is 0.0262.